The molecule has 2 bridgehead atoms. The Morgan fingerprint density at radius 3 is 3.40 bits per heavy atom. The molecular formula is C7H9N3. The zero-order chi connectivity index (χ0) is 6.55. The molecule has 3 aliphatic rings. The quantitative estimate of drug-likeness (QED) is 0.554. The molecule has 3 heteroatoms. The van der Waals surface area contributed by atoms with Crippen molar-refractivity contribution in [1.29, 1.82) is 0 Å². The first-order valence-corrected chi connectivity index (χ1v) is 3.70. The minimum Gasteiger partial charge on any atom is -0.332 e. The molecule has 1 N–H and O–H groups in total. The Morgan fingerprint density at radius 1 is 1.70 bits per heavy atom. The van der Waals surface area contributed by atoms with Gasteiger partial charge in [-0.2, -0.15) is 0 Å². The van der Waals surface area contributed by atoms with Gasteiger partial charge >= 0.3 is 0 Å². The topological polar surface area (TPSA) is 29.9 Å². The molecular weight excluding hydrogens is 126 g/mol. The van der Waals surface area contributed by atoms with Crippen molar-refractivity contribution in [2.75, 3.05) is 0 Å². The van der Waals surface area contributed by atoms with Crippen LogP contribution >= 0.6 is 0 Å². The molecule has 1 aromatic heterocycles. The molecule has 0 aromatic carbocycles. The minimum atomic E-state index is 0.564. The molecule has 1 saturated heterocycles. The van der Waals surface area contributed by atoms with Crippen LogP contribution in [0.5, 0.6) is 0 Å². The van der Waals surface area contributed by atoms with Gasteiger partial charge in [0.25, 0.3) is 0 Å². The van der Waals surface area contributed by atoms with E-state index < -0.39 is 0 Å². The summed E-state index contributed by atoms with van der Waals surface area (Å²) in [6.07, 6.45) is 5.24. The zero-order valence-corrected chi connectivity index (χ0v) is 5.62. The van der Waals surface area contributed by atoms with E-state index in [9.17, 15) is 0 Å². The molecule has 4 heterocycles. The molecule has 0 amide bonds. The third-order valence-corrected chi connectivity index (χ3v) is 2.43. The first-order chi connectivity index (χ1) is 4.93. The molecule has 3 nitrogen and oxygen atoms in total. The molecule has 52 valence electrons. The molecule has 3 aliphatic heterocycles. The molecule has 4 rings (SSSR count). The molecule has 0 aliphatic carbocycles. The maximum atomic E-state index is 4.28. The first-order valence-electron chi connectivity index (χ1n) is 3.70. The van der Waals surface area contributed by atoms with Crippen LogP contribution in [0.25, 0.3) is 0 Å². The fourth-order valence-corrected chi connectivity index (χ4v) is 1.87. The number of nitrogens with zero attached hydrogens (tertiary/aromatic N) is 2. The van der Waals surface area contributed by atoms with E-state index in [-0.39, 0.29) is 0 Å². The third kappa shape index (κ3) is 0.431. The van der Waals surface area contributed by atoms with Crippen molar-refractivity contribution < 1.29 is 0 Å². The van der Waals surface area contributed by atoms with E-state index in [1.54, 1.807) is 0 Å². The fourth-order valence-electron chi connectivity index (χ4n) is 1.87. The number of rotatable bonds is 0. The number of aromatic nitrogens is 2. The average Bonchev–Trinajstić information content (AvgIpc) is 2.29. The predicted molar refractivity (Wildman–Crippen MR) is 36.5 cm³/mol. The predicted octanol–water partition coefficient (Wildman–Crippen LogP) is 0.300. The van der Waals surface area contributed by atoms with Gasteiger partial charge in [-0.15, -0.1) is 0 Å². The summed E-state index contributed by atoms with van der Waals surface area (Å²) >= 11 is 0. The highest BCUT2D eigenvalue weighted by Crippen LogP contribution is 2.32. The largest absolute Gasteiger partial charge is 0.332 e. The first kappa shape index (κ1) is 4.91. The van der Waals surface area contributed by atoms with Crippen molar-refractivity contribution in [2.45, 2.75) is 25.0 Å². The van der Waals surface area contributed by atoms with Gasteiger partial charge in [-0.3, -0.25) is 0 Å². The summed E-state index contributed by atoms with van der Waals surface area (Å²) in [5.74, 6) is 1.22. The number of hydrogen-bond acceptors (Lipinski definition) is 2. The zero-order valence-electron chi connectivity index (χ0n) is 5.62. The van der Waals surface area contributed by atoms with Gasteiger partial charge in [0.1, 0.15) is 5.82 Å². The molecule has 0 spiro atoms. The lowest BCUT2D eigenvalue weighted by Crippen LogP contribution is -2.53. The summed E-state index contributed by atoms with van der Waals surface area (Å²) in [4.78, 5) is 4.28. The summed E-state index contributed by atoms with van der Waals surface area (Å²) in [6.45, 7) is 1.12. The van der Waals surface area contributed by atoms with Gasteiger partial charge < -0.3 is 9.88 Å². The Balaban J connectivity index is 2.17. The second-order valence-corrected chi connectivity index (χ2v) is 3.09. The SMILES string of the molecule is c1cn2c(n1)[C@H]1C[C@@H](C2)N1. The van der Waals surface area contributed by atoms with E-state index in [1.165, 1.54) is 12.2 Å². The van der Waals surface area contributed by atoms with Gasteiger partial charge in [-0.1, -0.05) is 0 Å². The summed E-state index contributed by atoms with van der Waals surface area (Å²) in [6, 6.07) is 1.29. The van der Waals surface area contributed by atoms with Crippen LogP contribution in [0.1, 0.15) is 18.3 Å². The highest BCUT2D eigenvalue weighted by atomic mass is 15.2. The molecule has 0 unspecified atom stereocenters. The third-order valence-electron chi connectivity index (χ3n) is 2.43. The van der Waals surface area contributed by atoms with Gasteiger partial charge in [-0.25, -0.2) is 4.98 Å². The lowest BCUT2D eigenvalue weighted by Gasteiger charge is -2.42. The molecule has 0 radical (unpaired) electrons. The van der Waals surface area contributed by atoms with Crippen LogP contribution in [0.3, 0.4) is 0 Å². The van der Waals surface area contributed by atoms with E-state index in [2.05, 4.69) is 21.1 Å². The van der Waals surface area contributed by atoms with Gasteiger partial charge in [0.05, 0.1) is 6.04 Å². The standard InChI is InChI=1S/C7H9N3/c1-2-10-4-5-3-6(9-5)7(10)8-1/h1-2,5-6,9H,3-4H2/t5-,6+/m0/s1. The molecule has 10 heavy (non-hydrogen) atoms. The summed E-state index contributed by atoms with van der Waals surface area (Å²) in [5.41, 5.74) is 0. The Morgan fingerprint density at radius 2 is 2.60 bits per heavy atom. The normalized spacial score (nSPS) is 34.8. The van der Waals surface area contributed by atoms with Crippen molar-refractivity contribution in [3.63, 3.8) is 0 Å². The summed E-state index contributed by atoms with van der Waals surface area (Å²) < 4.78 is 2.25. The van der Waals surface area contributed by atoms with Gasteiger partial charge in [0.2, 0.25) is 0 Å². The molecule has 1 aromatic rings. The van der Waals surface area contributed by atoms with E-state index in [0.717, 1.165) is 12.6 Å². The van der Waals surface area contributed by atoms with Crippen molar-refractivity contribution >= 4 is 0 Å². The van der Waals surface area contributed by atoms with Gasteiger partial charge in [0.15, 0.2) is 0 Å². The number of imidazole rings is 1. The lowest BCUT2D eigenvalue weighted by atomic mass is 9.93. The van der Waals surface area contributed by atoms with Gasteiger partial charge in [0, 0.05) is 25.0 Å². The highest BCUT2D eigenvalue weighted by molar-refractivity contribution is 5.11. The Kier molecular flexibility index (Phi) is 0.699. The molecule has 0 saturated carbocycles. The van der Waals surface area contributed by atoms with Crippen LogP contribution in [-0.2, 0) is 6.54 Å². The smallest absolute Gasteiger partial charge is 0.125 e. The number of hydrogen-bond donors (Lipinski definition) is 1. The Bertz CT molecular complexity index is 260. The maximum absolute atomic E-state index is 4.28. The summed E-state index contributed by atoms with van der Waals surface area (Å²) in [7, 11) is 0. The average molecular weight is 135 g/mol. The van der Waals surface area contributed by atoms with Crippen molar-refractivity contribution in [2.24, 2.45) is 0 Å². The van der Waals surface area contributed by atoms with Crippen LogP contribution in [0, 0.1) is 0 Å². The highest BCUT2D eigenvalue weighted by Gasteiger charge is 2.37. The Hall–Kier alpha value is -0.830. The van der Waals surface area contributed by atoms with Crippen LogP contribution in [0.15, 0.2) is 12.4 Å². The van der Waals surface area contributed by atoms with Crippen molar-refractivity contribution in [1.82, 2.24) is 14.9 Å². The van der Waals surface area contributed by atoms with Crippen LogP contribution in [-0.4, -0.2) is 15.6 Å². The lowest BCUT2D eigenvalue weighted by molar-refractivity contribution is 0.187. The van der Waals surface area contributed by atoms with E-state index in [4.69, 9.17) is 0 Å². The van der Waals surface area contributed by atoms with Crippen molar-refractivity contribution in [3.8, 4) is 0 Å². The molecule has 1 fully saturated rings. The second-order valence-electron chi connectivity index (χ2n) is 3.09. The van der Waals surface area contributed by atoms with Crippen LogP contribution in [0.2, 0.25) is 0 Å². The van der Waals surface area contributed by atoms with Crippen LogP contribution < -0.4 is 5.32 Å². The minimum absolute atomic E-state index is 0.564. The fraction of sp³-hybridized carbons (Fsp3) is 0.571. The van der Waals surface area contributed by atoms with E-state index in [0.29, 0.717) is 6.04 Å². The summed E-state index contributed by atoms with van der Waals surface area (Å²) in [5, 5.41) is 3.44. The molecule has 2 atom stereocenters. The monoisotopic (exact) mass is 135 g/mol. The number of nitrogens with one attached hydrogen (secondary N) is 1. The second kappa shape index (κ2) is 1.42. The Labute approximate surface area is 59.1 Å². The maximum Gasteiger partial charge on any atom is 0.125 e. The van der Waals surface area contributed by atoms with Crippen LogP contribution in [0.4, 0.5) is 0 Å². The van der Waals surface area contributed by atoms with Gasteiger partial charge in [-0.05, 0) is 6.42 Å². The van der Waals surface area contributed by atoms with Crippen molar-refractivity contribution in [3.05, 3.63) is 18.2 Å². The van der Waals surface area contributed by atoms with E-state index in [1.807, 2.05) is 6.20 Å². The van der Waals surface area contributed by atoms with E-state index >= 15 is 0 Å².